The number of hydrogen-bond acceptors (Lipinski definition) is 0. The van der Waals surface area contributed by atoms with Gasteiger partial charge in [-0.05, 0) is 104 Å². The molecule has 4 atom stereocenters. The van der Waals surface area contributed by atoms with Crippen LogP contribution in [-0.2, 0) is 6.42 Å². The maximum atomic E-state index is 15.5. The predicted octanol–water partition coefficient (Wildman–Crippen LogP) is 8.73. The average molecular weight is 411 g/mol. The molecular weight excluding hydrogens is 374 g/mol. The average Bonchev–Trinajstić information content (AvgIpc) is 2.75. The Labute approximate surface area is 180 Å². The Balaban J connectivity index is 1.52. The van der Waals surface area contributed by atoms with Gasteiger partial charge in [0, 0.05) is 5.39 Å². The second-order valence-electron chi connectivity index (χ2n) is 9.74. The fourth-order valence-electron chi connectivity index (χ4n) is 6.22. The van der Waals surface area contributed by atoms with Gasteiger partial charge in [0.15, 0.2) is 0 Å². The number of halogens is 2. The molecule has 162 valence electrons. The molecule has 0 bridgehead atoms. The topological polar surface area (TPSA) is 0 Å². The van der Waals surface area contributed by atoms with Crippen LogP contribution < -0.4 is 0 Å². The lowest BCUT2D eigenvalue weighted by molar-refractivity contribution is 0.113. The highest BCUT2D eigenvalue weighted by Crippen LogP contribution is 2.49. The maximum absolute atomic E-state index is 15.5. The first-order valence-electron chi connectivity index (χ1n) is 12.1. The van der Waals surface area contributed by atoms with Crippen molar-refractivity contribution >= 4 is 10.8 Å². The first-order valence-corrected chi connectivity index (χ1v) is 12.1. The number of allylic oxidation sites excluding steroid dienone is 2. The van der Waals surface area contributed by atoms with E-state index in [1.807, 2.05) is 37.3 Å². The SMILES string of the molecule is C/C=C/CCc1cc2ccc([C@@H]3CC[C@@H]4CC(CCC)CCC4C3)c(F)c2cc1F. The van der Waals surface area contributed by atoms with Crippen LogP contribution in [0.25, 0.3) is 10.8 Å². The van der Waals surface area contributed by atoms with Crippen LogP contribution >= 0.6 is 0 Å². The number of fused-ring (bicyclic) bond motifs is 2. The monoisotopic (exact) mass is 410 g/mol. The highest BCUT2D eigenvalue weighted by Gasteiger charge is 2.36. The minimum Gasteiger partial charge on any atom is -0.207 e. The Bertz CT molecular complexity index is 897. The molecule has 4 rings (SSSR count). The van der Waals surface area contributed by atoms with Crippen LogP contribution in [0.15, 0.2) is 36.4 Å². The first kappa shape index (κ1) is 21.5. The summed E-state index contributed by atoms with van der Waals surface area (Å²) in [4.78, 5) is 0. The second kappa shape index (κ2) is 9.62. The van der Waals surface area contributed by atoms with Crippen LogP contribution in [0.2, 0.25) is 0 Å². The third kappa shape index (κ3) is 4.48. The molecule has 2 aromatic rings. The molecule has 2 heteroatoms. The van der Waals surface area contributed by atoms with Gasteiger partial charge in [0.2, 0.25) is 0 Å². The van der Waals surface area contributed by atoms with E-state index in [4.69, 9.17) is 0 Å². The zero-order valence-electron chi connectivity index (χ0n) is 18.6. The van der Waals surface area contributed by atoms with E-state index in [2.05, 4.69) is 6.92 Å². The van der Waals surface area contributed by atoms with Gasteiger partial charge in [-0.25, -0.2) is 8.78 Å². The molecule has 0 aliphatic heterocycles. The lowest BCUT2D eigenvalue weighted by atomic mass is 9.63. The highest BCUT2D eigenvalue weighted by molar-refractivity contribution is 5.85. The molecule has 0 saturated heterocycles. The van der Waals surface area contributed by atoms with E-state index >= 15 is 4.39 Å². The smallest absolute Gasteiger partial charge is 0.134 e. The van der Waals surface area contributed by atoms with Crippen molar-refractivity contribution < 1.29 is 8.78 Å². The summed E-state index contributed by atoms with van der Waals surface area (Å²) >= 11 is 0. The van der Waals surface area contributed by atoms with Gasteiger partial charge >= 0.3 is 0 Å². The van der Waals surface area contributed by atoms with Crippen LogP contribution in [0.4, 0.5) is 8.78 Å². The van der Waals surface area contributed by atoms with E-state index in [0.717, 1.165) is 48.0 Å². The molecule has 0 aromatic heterocycles. The molecule has 30 heavy (non-hydrogen) atoms. The highest BCUT2D eigenvalue weighted by atomic mass is 19.1. The number of benzene rings is 2. The number of rotatable bonds is 6. The third-order valence-corrected chi connectivity index (χ3v) is 7.83. The molecule has 0 heterocycles. The lowest BCUT2D eigenvalue weighted by Crippen LogP contribution is -2.30. The summed E-state index contributed by atoms with van der Waals surface area (Å²) < 4.78 is 30.1. The molecule has 0 amide bonds. The molecule has 2 aromatic carbocycles. The Hall–Kier alpha value is -1.70. The summed E-state index contributed by atoms with van der Waals surface area (Å²) in [6.45, 7) is 4.26. The quantitative estimate of drug-likeness (QED) is 0.418. The van der Waals surface area contributed by atoms with Gasteiger partial charge in [-0.1, -0.05) is 50.5 Å². The molecule has 2 saturated carbocycles. The van der Waals surface area contributed by atoms with E-state index in [1.54, 1.807) is 0 Å². The molecule has 0 nitrogen and oxygen atoms in total. The van der Waals surface area contributed by atoms with Crippen molar-refractivity contribution in [3.63, 3.8) is 0 Å². The minimum atomic E-state index is -0.277. The van der Waals surface area contributed by atoms with Crippen molar-refractivity contribution in [2.75, 3.05) is 0 Å². The van der Waals surface area contributed by atoms with E-state index in [1.165, 1.54) is 44.6 Å². The van der Waals surface area contributed by atoms with Crippen molar-refractivity contribution in [2.45, 2.75) is 84.0 Å². The largest absolute Gasteiger partial charge is 0.207 e. The maximum Gasteiger partial charge on any atom is 0.134 e. The summed E-state index contributed by atoms with van der Waals surface area (Å²) in [7, 11) is 0. The Morgan fingerprint density at radius 2 is 1.80 bits per heavy atom. The Kier molecular flexibility index (Phi) is 6.91. The van der Waals surface area contributed by atoms with Crippen molar-refractivity contribution in [3.8, 4) is 0 Å². The van der Waals surface area contributed by atoms with Crippen LogP contribution in [0, 0.1) is 29.4 Å². The molecule has 2 aliphatic carbocycles. The fourth-order valence-corrected chi connectivity index (χ4v) is 6.22. The Morgan fingerprint density at radius 1 is 1.00 bits per heavy atom. The van der Waals surface area contributed by atoms with Crippen molar-refractivity contribution in [1.82, 2.24) is 0 Å². The van der Waals surface area contributed by atoms with Crippen molar-refractivity contribution in [1.29, 1.82) is 0 Å². The van der Waals surface area contributed by atoms with Crippen molar-refractivity contribution in [3.05, 3.63) is 59.2 Å². The third-order valence-electron chi connectivity index (χ3n) is 7.83. The van der Waals surface area contributed by atoms with Gasteiger partial charge in [-0.3, -0.25) is 0 Å². The number of hydrogen-bond donors (Lipinski definition) is 0. The van der Waals surface area contributed by atoms with Crippen LogP contribution in [0.5, 0.6) is 0 Å². The summed E-state index contributed by atoms with van der Waals surface area (Å²) in [6.07, 6.45) is 15.6. The van der Waals surface area contributed by atoms with Crippen molar-refractivity contribution in [2.24, 2.45) is 17.8 Å². The standard InChI is InChI=1S/C28H36F2/c1-3-5-6-8-24-17-23-13-14-25(28(30)26(23)18-27(24)29)22-12-11-20-15-19(7-4-2)9-10-21(20)16-22/h3,5,13-14,17-22H,4,6-12,15-16H2,1-2H3/b5-3+/t19?,20-,21?,22-/m1/s1. The normalized spacial score (nSPS) is 26.9. The predicted molar refractivity (Wildman–Crippen MR) is 123 cm³/mol. The van der Waals surface area contributed by atoms with E-state index in [9.17, 15) is 4.39 Å². The van der Waals surface area contributed by atoms with Crippen LogP contribution in [0.3, 0.4) is 0 Å². The first-order chi connectivity index (χ1) is 14.6. The second-order valence-corrected chi connectivity index (χ2v) is 9.74. The zero-order valence-corrected chi connectivity index (χ0v) is 18.6. The molecular formula is C28H36F2. The number of aryl methyl sites for hydroxylation is 1. The van der Waals surface area contributed by atoms with Gasteiger partial charge in [0.05, 0.1) is 0 Å². The van der Waals surface area contributed by atoms with E-state index < -0.39 is 0 Å². The zero-order chi connectivity index (χ0) is 21.1. The molecule has 0 N–H and O–H groups in total. The van der Waals surface area contributed by atoms with Gasteiger partial charge < -0.3 is 0 Å². The van der Waals surface area contributed by atoms with Crippen LogP contribution in [0.1, 0.15) is 88.7 Å². The lowest BCUT2D eigenvalue weighted by Gasteiger charge is -2.42. The molecule has 0 spiro atoms. The molecule has 2 fully saturated rings. The van der Waals surface area contributed by atoms with Gasteiger partial charge in [-0.2, -0.15) is 0 Å². The molecule has 2 aliphatic rings. The molecule has 2 unspecified atom stereocenters. The summed E-state index contributed by atoms with van der Waals surface area (Å²) in [5.41, 5.74) is 1.50. The summed E-state index contributed by atoms with van der Waals surface area (Å²) in [6, 6.07) is 7.27. The summed E-state index contributed by atoms with van der Waals surface area (Å²) in [5, 5.41) is 1.27. The van der Waals surface area contributed by atoms with E-state index in [0.29, 0.717) is 17.4 Å². The Morgan fingerprint density at radius 3 is 2.60 bits per heavy atom. The van der Waals surface area contributed by atoms with Gasteiger partial charge in [0.1, 0.15) is 11.6 Å². The van der Waals surface area contributed by atoms with Gasteiger partial charge in [0.25, 0.3) is 0 Å². The minimum absolute atomic E-state index is 0.186. The van der Waals surface area contributed by atoms with E-state index in [-0.39, 0.29) is 17.6 Å². The van der Waals surface area contributed by atoms with Gasteiger partial charge in [-0.15, -0.1) is 0 Å². The summed E-state index contributed by atoms with van der Waals surface area (Å²) in [5.74, 6) is 2.33. The van der Waals surface area contributed by atoms with Crippen LogP contribution in [-0.4, -0.2) is 0 Å². The fraction of sp³-hybridized carbons (Fsp3) is 0.571. The molecule has 0 radical (unpaired) electrons.